The molecule has 0 saturated carbocycles. The van der Waals surface area contributed by atoms with E-state index in [9.17, 15) is 0 Å². The second kappa shape index (κ2) is 31.9. The highest BCUT2D eigenvalue weighted by Crippen LogP contribution is 2.14. The lowest BCUT2D eigenvalue weighted by atomic mass is 10.0. The van der Waals surface area contributed by atoms with Crippen molar-refractivity contribution < 1.29 is 9.84 Å². The van der Waals surface area contributed by atoms with Crippen LogP contribution in [0, 0.1) is 0 Å². The molecular weight excluding hydrogens is 404 g/mol. The standard InChI is InChI=1S/C31H64O2/c1-2-3-4-5-6-7-8-12-15-18-21-24-27-30-33-31-28-25-22-19-16-13-10-9-11-14-17-20-23-26-29-32/h32H,2-31H2,1H3. The molecule has 0 heterocycles. The van der Waals surface area contributed by atoms with Crippen LogP contribution in [0.1, 0.15) is 180 Å². The van der Waals surface area contributed by atoms with Crippen molar-refractivity contribution in [3.63, 3.8) is 0 Å². The quantitative estimate of drug-likeness (QED) is 0.106. The van der Waals surface area contributed by atoms with Crippen LogP contribution in [0.4, 0.5) is 0 Å². The van der Waals surface area contributed by atoms with Crippen LogP contribution in [0.2, 0.25) is 0 Å². The van der Waals surface area contributed by atoms with E-state index in [1.54, 1.807) is 0 Å². The zero-order chi connectivity index (χ0) is 23.9. The van der Waals surface area contributed by atoms with Crippen LogP contribution in [-0.2, 0) is 4.74 Å². The summed E-state index contributed by atoms with van der Waals surface area (Å²) in [6.45, 7) is 4.63. The van der Waals surface area contributed by atoms with Gasteiger partial charge in [0.1, 0.15) is 0 Å². The molecule has 0 aliphatic rings. The summed E-state index contributed by atoms with van der Waals surface area (Å²) in [7, 11) is 0. The Morgan fingerprint density at radius 3 is 0.848 bits per heavy atom. The molecule has 0 atom stereocenters. The van der Waals surface area contributed by atoms with E-state index in [1.165, 1.54) is 167 Å². The Hall–Kier alpha value is -0.0800. The first kappa shape index (κ1) is 32.9. The maximum Gasteiger partial charge on any atom is 0.0466 e. The monoisotopic (exact) mass is 468 g/mol. The zero-order valence-corrected chi connectivity index (χ0v) is 23.1. The van der Waals surface area contributed by atoms with E-state index in [-0.39, 0.29) is 0 Å². The van der Waals surface area contributed by atoms with E-state index in [0.29, 0.717) is 6.61 Å². The maximum atomic E-state index is 8.76. The average Bonchev–Trinajstić information content (AvgIpc) is 2.83. The molecule has 1 N–H and O–H groups in total. The molecule has 0 aliphatic carbocycles. The fraction of sp³-hybridized carbons (Fsp3) is 1.00. The average molecular weight is 469 g/mol. The van der Waals surface area contributed by atoms with Crippen LogP contribution >= 0.6 is 0 Å². The first-order chi connectivity index (χ1) is 16.4. The molecule has 33 heavy (non-hydrogen) atoms. The molecule has 0 aliphatic heterocycles. The smallest absolute Gasteiger partial charge is 0.0466 e. The summed E-state index contributed by atoms with van der Waals surface area (Å²) < 4.78 is 5.83. The molecule has 0 aromatic carbocycles. The van der Waals surface area contributed by atoms with Gasteiger partial charge < -0.3 is 9.84 Å². The minimum atomic E-state index is 0.368. The topological polar surface area (TPSA) is 29.5 Å². The molecule has 0 rings (SSSR count). The lowest BCUT2D eigenvalue weighted by Gasteiger charge is -2.05. The number of aliphatic hydroxyl groups excluding tert-OH is 1. The van der Waals surface area contributed by atoms with Gasteiger partial charge in [0.05, 0.1) is 0 Å². The Labute approximate surface area is 210 Å². The van der Waals surface area contributed by atoms with Crippen LogP contribution in [0.5, 0.6) is 0 Å². The molecule has 0 bridgehead atoms. The van der Waals surface area contributed by atoms with Crippen LogP contribution < -0.4 is 0 Å². The predicted molar refractivity (Wildman–Crippen MR) is 148 cm³/mol. The summed E-state index contributed by atoms with van der Waals surface area (Å²) in [5.41, 5.74) is 0. The Kier molecular flexibility index (Phi) is 31.8. The van der Waals surface area contributed by atoms with E-state index in [2.05, 4.69) is 6.92 Å². The summed E-state index contributed by atoms with van der Waals surface area (Å²) >= 11 is 0. The lowest BCUT2D eigenvalue weighted by Crippen LogP contribution is -1.97. The fourth-order valence-corrected chi connectivity index (χ4v) is 4.76. The number of aliphatic hydroxyl groups is 1. The minimum absolute atomic E-state index is 0.368. The van der Waals surface area contributed by atoms with E-state index in [0.717, 1.165) is 19.6 Å². The SMILES string of the molecule is CCCCCCCCCCCCCCCOCCCCCCCCCCCCCCCCO. The molecule has 0 aromatic heterocycles. The minimum Gasteiger partial charge on any atom is -0.396 e. The summed E-state index contributed by atoms with van der Waals surface area (Å²) in [6, 6.07) is 0. The van der Waals surface area contributed by atoms with Crippen molar-refractivity contribution >= 4 is 0 Å². The summed E-state index contributed by atoms with van der Waals surface area (Å²) in [5, 5.41) is 8.76. The van der Waals surface area contributed by atoms with E-state index in [4.69, 9.17) is 9.84 Å². The van der Waals surface area contributed by atoms with Crippen LogP contribution in [0.3, 0.4) is 0 Å². The van der Waals surface area contributed by atoms with Gasteiger partial charge in [-0.2, -0.15) is 0 Å². The lowest BCUT2D eigenvalue weighted by molar-refractivity contribution is 0.125. The van der Waals surface area contributed by atoms with Gasteiger partial charge >= 0.3 is 0 Å². The third-order valence-corrected chi connectivity index (χ3v) is 7.09. The van der Waals surface area contributed by atoms with Crippen molar-refractivity contribution in [2.75, 3.05) is 19.8 Å². The van der Waals surface area contributed by atoms with Crippen molar-refractivity contribution in [2.24, 2.45) is 0 Å². The highest BCUT2D eigenvalue weighted by molar-refractivity contribution is 4.51. The van der Waals surface area contributed by atoms with Crippen LogP contribution in [0.15, 0.2) is 0 Å². The van der Waals surface area contributed by atoms with Gasteiger partial charge in [0, 0.05) is 19.8 Å². The summed E-state index contributed by atoms with van der Waals surface area (Å²) in [6.07, 6.45) is 37.3. The number of rotatable bonds is 30. The van der Waals surface area contributed by atoms with E-state index < -0.39 is 0 Å². The van der Waals surface area contributed by atoms with Gasteiger partial charge in [0.2, 0.25) is 0 Å². The van der Waals surface area contributed by atoms with Crippen molar-refractivity contribution in [1.82, 2.24) is 0 Å². The Balaban J connectivity index is 2.99. The van der Waals surface area contributed by atoms with Gasteiger partial charge in [-0.15, -0.1) is 0 Å². The van der Waals surface area contributed by atoms with Crippen molar-refractivity contribution in [2.45, 2.75) is 180 Å². The largest absolute Gasteiger partial charge is 0.396 e. The third kappa shape index (κ3) is 31.9. The molecule has 0 unspecified atom stereocenters. The number of ether oxygens (including phenoxy) is 1. The molecule has 0 amide bonds. The Morgan fingerprint density at radius 1 is 0.333 bits per heavy atom. The first-order valence-electron chi connectivity index (χ1n) is 15.6. The van der Waals surface area contributed by atoms with Gasteiger partial charge in [-0.05, 0) is 19.3 Å². The molecule has 2 heteroatoms. The normalized spacial score (nSPS) is 11.5. The molecule has 200 valence electrons. The molecule has 0 saturated heterocycles. The van der Waals surface area contributed by atoms with Gasteiger partial charge in [-0.3, -0.25) is 0 Å². The second-order valence-electron chi connectivity index (χ2n) is 10.5. The maximum absolute atomic E-state index is 8.76. The van der Waals surface area contributed by atoms with Crippen molar-refractivity contribution in [3.8, 4) is 0 Å². The highest BCUT2D eigenvalue weighted by atomic mass is 16.5. The molecule has 0 radical (unpaired) electrons. The molecule has 0 aromatic rings. The number of hydrogen-bond acceptors (Lipinski definition) is 2. The van der Waals surface area contributed by atoms with E-state index in [1.807, 2.05) is 0 Å². The van der Waals surface area contributed by atoms with Gasteiger partial charge in [-0.1, -0.05) is 161 Å². The number of unbranched alkanes of at least 4 members (excludes halogenated alkanes) is 25. The van der Waals surface area contributed by atoms with E-state index >= 15 is 0 Å². The van der Waals surface area contributed by atoms with Gasteiger partial charge in [0.15, 0.2) is 0 Å². The zero-order valence-electron chi connectivity index (χ0n) is 23.1. The first-order valence-corrected chi connectivity index (χ1v) is 15.6. The van der Waals surface area contributed by atoms with Gasteiger partial charge in [0.25, 0.3) is 0 Å². The summed E-state index contributed by atoms with van der Waals surface area (Å²) in [4.78, 5) is 0. The van der Waals surface area contributed by atoms with Crippen molar-refractivity contribution in [1.29, 1.82) is 0 Å². The van der Waals surface area contributed by atoms with Crippen LogP contribution in [-0.4, -0.2) is 24.9 Å². The highest BCUT2D eigenvalue weighted by Gasteiger charge is 1.96. The molecule has 0 spiro atoms. The summed E-state index contributed by atoms with van der Waals surface area (Å²) in [5.74, 6) is 0. The molecule has 2 nitrogen and oxygen atoms in total. The van der Waals surface area contributed by atoms with Gasteiger partial charge in [-0.25, -0.2) is 0 Å². The molecular formula is C31H64O2. The Morgan fingerprint density at radius 2 is 0.576 bits per heavy atom. The fourth-order valence-electron chi connectivity index (χ4n) is 4.76. The Bertz CT molecular complexity index is 288. The van der Waals surface area contributed by atoms with Crippen molar-refractivity contribution in [3.05, 3.63) is 0 Å². The third-order valence-electron chi connectivity index (χ3n) is 7.09. The second-order valence-corrected chi connectivity index (χ2v) is 10.5. The number of hydrogen-bond donors (Lipinski definition) is 1. The van der Waals surface area contributed by atoms with Crippen LogP contribution in [0.25, 0.3) is 0 Å². The molecule has 0 fully saturated rings. The predicted octanol–water partition coefficient (Wildman–Crippen LogP) is 10.5.